The Labute approximate surface area is 353 Å². The lowest BCUT2D eigenvalue weighted by Gasteiger charge is -2.18. The van der Waals surface area contributed by atoms with Gasteiger partial charge in [-0.25, -0.2) is 0 Å². The summed E-state index contributed by atoms with van der Waals surface area (Å²) in [5, 5.41) is 0. The largest absolute Gasteiger partial charge is 0.462 e. The zero-order chi connectivity index (χ0) is 41.5. The fourth-order valence-corrected chi connectivity index (χ4v) is 6.92. The van der Waals surface area contributed by atoms with Gasteiger partial charge >= 0.3 is 17.9 Å². The molecule has 0 aromatic rings. The maximum Gasteiger partial charge on any atom is 0.306 e. The summed E-state index contributed by atoms with van der Waals surface area (Å²) >= 11 is 0. The highest BCUT2D eigenvalue weighted by atomic mass is 16.6. The number of rotatable bonds is 44. The van der Waals surface area contributed by atoms with Crippen molar-refractivity contribution >= 4 is 17.9 Å². The Hall–Kier alpha value is -2.37. The molecule has 332 valence electrons. The van der Waals surface area contributed by atoms with Gasteiger partial charge in [-0.2, -0.15) is 0 Å². The van der Waals surface area contributed by atoms with E-state index in [-0.39, 0.29) is 31.1 Å². The van der Waals surface area contributed by atoms with E-state index in [2.05, 4.69) is 57.2 Å². The van der Waals surface area contributed by atoms with Crippen molar-refractivity contribution in [1.82, 2.24) is 0 Å². The molecule has 6 heteroatoms. The molecular formula is C51H92O6. The molecule has 6 nitrogen and oxygen atoms in total. The van der Waals surface area contributed by atoms with Gasteiger partial charge in [-0.05, 0) is 57.8 Å². The molecular weight excluding hydrogens is 709 g/mol. The van der Waals surface area contributed by atoms with Gasteiger partial charge in [0.05, 0.1) is 0 Å². The molecule has 0 aliphatic rings. The van der Waals surface area contributed by atoms with Gasteiger partial charge in [0.15, 0.2) is 6.10 Å². The van der Waals surface area contributed by atoms with Gasteiger partial charge in [0.1, 0.15) is 13.2 Å². The monoisotopic (exact) mass is 801 g/mol. The molecule has 0 heterocycles. The minimum Gasteiger partial charge on any atom is -0.462 e. The first-order valence-electron chi connectivity index (χ1n) is 24.5. The van der Waals surface area contributed by atoms with Crippen LogP contribution in [0.2, 0.25) is 0 Å². The minimum absolute atomic E-state index is 0.0713. The lowest BCUT2D eigenvalue weighted by molar-refractivity contribution is -0.167. The fraction of sp³-hybridized carbons (Fsp3) is 0.824. The van der Waals surface area contributed by atoms with Crippen LogP contribution >= 0.6 is 0 Å². The molecule has 0 aromatic heterocycles. The molecule has 0 aliphatic heterocycles. The predicted octanol–water partition coefficient (Wildman–Crippen LogP) is 15.8. The van der Waals surface area contributed by atoms with Gasteiger partial charge in [0.25, 0.3) is 0 Å². The van der Waals surface area contributed by atoms with Crippen LogP contribution < -0.4 is 0 Å². The van der Waals surface area contributed by atoms with Crippen LogP contribution in [0.1, 0.15) is 252 Å². The quantitative estimate of drug-likeness (QED) is 0.0264. The van der Waals surface area contributed by atoms with Crippen molar-refractivity contribution in [3.05, 3.63) is 36.5 Å². The van der Waals surface area contributed by atoms with Crippen molar-refractivity contribution in [1.29, 1.82) is 0 Å². The van der Waals surface area contributed by atoms with Crippen molar-refractivity contribution < 1.29 is 28.6 Å². The standard InChI is InChI=1S/C51H92O6/c1-4-7-10-13-14-15-16-17-18-19-20-21-22-23-24-25-26-27-28-29-30-31-32-33-34-35-36-39-41-44-50(53)56-47-48(57-51(54)45-42-38-12-9-6-3)46-55-49(52)43-40-37-11-8-5-2/h16-17,19-20,22-23,48H,4-15,18,21,24-47H2,1-3H3/b17-16-,20-19-,23-22-. The smallest absolute Gasteiger partial charge is 0.306 e. The molecule has 0 amide bonds. The third kappa shape index (κ3) is 44.6. The molecule has 1 atom stereocenters. The Morgan fingerprint density at radius 1 is 0.351 bits per heavy atom. The molecule has 0 spiro atoms. The van der Waals surface area contributed by atoms with E-state index in [1.807, 2.05) is 0 Å². The van der Waals surface area contributed by atoms with Crippen molar-refractivity contribution in [2.24, 2.45) is 0 Å². The minimum atomic E-state index is -0.760. The fourth-order valence-electron chi connectivity index (χ4n) is 6.92. The first kappa shape index (κ1) is 54.6. The molecule has 1 unspecified atom stereocenters. The van der Waals surface area contributed by atoms with E-state index in [1.54, 1.807) is 0 Å². The molecule has 0 saturated heterocycles. The predicted molar refractivity (Wildman–Crippen MR) is 242 cm³/mol. The van der Waals surface area contributed by atoms with Gasteiger partial charge in [0, 0.05) is 19.3 Å². The summed E-state index contributed by atoms with van der Waals surface area (Å²) in [5.74, 6) is -0.898. The highest BCUT2D eigenvalue weighted by Gasteiger charge is 2.19. The van der Waals surface area contributed by atoms with Crippen LogP contribution in [-0.4, -0.2) is 37.2 Å². The lowest BCUT2D eigenvalue weighted by atomic mass is 10.0. The molecule has 0 saturated carbocycles. The summed E-state index contributed by atoms with van der Waals surface area (Å²) < 4.78 is 16.5. The Morgan fingerprint density at radius 3 is 0.982 bits per heavy atom. The molecule has 0 aliphatic carbocycles. The molecule has 0 N–H and O–H groups in total. The van der Waals surface area contributed by atoms with Crippen LogP contribution in [0.4, 0.5) is 0 Å². The number of allylic oxidation sites excluding steroid dienone is 6. The molecule has 0 bridgehead atoms. The third-order valence-electron chi connectivity index (χ3n) is 10.6. The van der Waals surface area contributed by atoms with Crippen molar-refractivity contribution in [3.8, 4) is 0 Å². The summed E-state index contributed by atoms with van der Waals surface area (Å²) in [4.78, 5) is 37.1. The number of hydrogen-bond acceptors (Lipinski definition) is 6. The van der Waals surface area contributed by atoms with E-state index < -0.39 is 6.10 Å². The van der Waals surface area contributed by atoms with Gasteiger partial charge in [-0.1, -0.05) is 211 Å². The molecule has 0 fully saturated rings. The van der Waals surface area contributed by atoms with Crippen LogP contribution in [0, 0.1) is 0 Å². The summed E-state index contributed by atoms with van der Waals surface area (Å²) in [5.41, 5.74) is 0. The van der Waals surface area contributed by atoms with E-state index >= 15 is 0 Å². The molecule has 0 radical (unpaired) electrons. The molecule has 0 aromatic carbocycles. The first-order chi connectivity index (χ1) is 28.0. The second-order valence-electron chi connectivity index (χ2n) is 16.4. The van der Waals surface area contributed by atoms with Gasteiger partial charge in [-0.15, -0.1) is 0 Å². The van der Waals surface area contributed by atoms with Gasteiger partial charge in [0.2, 0.25) is 0 Å². The topological polar surface area (TPSA) is 78.9 Å². The average molecular weight is 801 g/mol. The second kappa shape index (κ2) is 46.3. The van der Waals surface area contributed by atoms with Crippen molar-refractivity contribution in [3.63, 3.8) is 0 Å². The Bertz CT molecular complexity index is 969. The Balaban J connectivity index is 3.82. The summed E-state index contributed by atoms with van der Waals surface area (Å²) in [6.45, 7) is 6.45. The van der Waals surface area contributed by atoms with E-state index in [0.717, 1.165) is 83.5 Å². The van der Waals surface area contributed by atoms with Gasteiger partial charge in [-0.3, -0.25) is 14.4 Å². The Morgan fingerprint density at radius 2 is 0.632 bits per heavy atom. The second-order valence-corrected chi connectivity index (χ2v) is 16.4. The maximum absolute atomic E-state index is 12.5. The lowest BCUT2D eigenvalue weighted by Crippen LogP contribution is -2.30. The zero-order valence-corrected chi connectivity index (χ0v) is 37.9. The number of carbonyl (C=O) groups is 3. The molecule has 57 heavy (non-hydrogen) atoms. The van der Waals surface area contributed by atoms with Crippen molar-refractivity contribution in [2.75, 3.05) is 13.2 Å². The maximum atomic E-state index is 12.5. The Kier molecular flexibility index (Phi) is 44.4. The number of carbonyl (C=O) groups excluding carboxylic acids is 3. The van der Waals surface area contributed by atoms with E-state index in [4.69, 9.17) is 14.2 Å². The number of esters is 3. The van der Waals surface area contributed by atoms with E-state index in [1.165, 1.54) is 128 Å². The zero-order valence-electron chi connectivity index (χ0n) is 37.9. The van der Waals surface area contributed by atoms with Crippen LogP contribution in [0.5, 0.6) is 0 Å². The number of hydrogen-bond donors (Lipinski definition) is 0. The first-order valence-corrected chi connectivity index (χ1v) is 24.5. The number of unbranched alkanes of at least 4 members (excludes halogenated alkanes) is 27. The average Bonchev–Trinajstić information content (AvgIpc) is 3.21. The SMILES string of the molecule is CCCCCCC/C=C\C/C=C\C/C=C\CCCCCCCCCCCCCCCCC(=O)OCC(COC(=O)CCCCCCC)OC(=O)CCCCCCC. The van der Waals surface area contributed by atoms with Crippen LogP contribution in [0.3, 0.4) is 0 Å². The van der Waals surface area contributed by atoms with Crippen LogP contribution in [0.15, 0.2) is 36.5 Å². The number of ether oxygens (including phenoxy) is 3. The summed E-state index contributed by atoms with van der Waals surface area (Å²) in [6.07, 6.45) is 53.7. The third-order valence-corrected chi connectivity index (χ3v) is 10.6. The van der Waals surface area contributed by atoms with E-state index in [0.29, 0.717) is 19.3 Å². The van der Waals surface area contributed by atoms with Crippen LogP contribution in [0.25, 0.3) is 0 Å². The molecule has 0 rings (SSSR count). The summed E-state index contributed by atoms with van der Waals surface area (Å²) in [6, 6.07) is 0. The summed E-state index contributed by atoms with van der Waals surface area (Å²) in [7, 11) is 0. The highest BCUT2D eigenvalue weighted by Crippen LogP contribution is 2.15. The van der Waals surface area contributed by atoms with Crippen molar-refractivity contribution in [2.45, 2.75) is 258 Å². The van der Waals surface area contributed by atoms with Crippen LogP contribution in [-0.2, 0) is 28.6 Å². The van der Waals surface area contributed by atoms with E-state index in [9.17, 15) is 14.4 Å². The highest BCUT2D eigenvalue weighted by molar-refractivity contribution is 5.71. The van der Waals surface area contributed by atoms with Gasteiger partial charge < -0.3 is 14.2 Å². The normalized spacial score (nSPS) is 12.3.